The van der Waals surface area contributed by atoms with E-state index in [0.717, 1.165) is 12.0 Å². The standard InChI is InChI=1S/C11H13FO2/c12-10-3-1-9(2-4-10)11(7-13)5-6-14-8-11/h1-4,13H,5-8H2/t11-/m0/s1. The van der Waals surface area contributed by atoms with Crippen LogP contribution in [0, 0.1) is 5.82 Å². The zero-order valence-electron chi connectivity index (χ0n) is 7.87. The van der Waals surface area contributed by atoms with Gasteiger partial charge >= 0.3 is 0 Å². The van der Waals surface area contributed by atoms with Gasteiger partial charge in [-0.3, -0.25) is 0 Å². The van der Waals surface area contributed by atoms with Crippen molar-refractivity contribution < 1.29 is 14.2 Å². The summed E-state index contributed by atoms with van der Waals surface area (Å²) in [6, 6.07) is 6.29. The summed E-state index contributed by atoms with van der Waals surface area (Å²) < 4.78 is 18.0. The molecule has 0 aromatic heterocycles. The lowest BCUT2D eigenvalue weighted by Gasteiger charge is -2.25. The Morgan fingerprint density at radius 2 is 2.07 bits per heavy atom. The number of rotatable bonds is 2. The summed E-state index contributed by atoms with van der Waals surface area (Å²) in [5, 5.41) is 9.37. The van der Waals surface area contributed by atoms with E-state index in [-0.39, 0.29) is 17.8 Å². The average molecular weight is 196 g/mol. The highest BCUT2D eigenvalue weighted by Gasteiger charge is 2.35. The van der Waals surface area contributed by atoms with E-state index in [9.17, 15) is 9.50 Å². The Hall–Kier alpha value is -0.930. The summed E-state index contributed by atoms with van der Waals surface area (Å²) in [5.74, 6) is -0.249. The Labute approximate surface area is 82.3 Å². The molecule has 0 spiro atoms. The average Bonchev–Trinajstić information content (AvgIpc) is 2.68. The first-order valence-electron chi connectivity index (χ1n) is 4.71. The van der Waals surface area contributed by atoms with Gasteiger partial charge in [-0.25, -0.2) is 4.39 Å². The maximum atomic E-state index is 12.7. The summed E-state index contributed by atoms with van der Waals surface area (Å²) in [6.45, 7) is 1.24. The topological polar surface area (TPSA) is 29.5 Å². The Balaban J connectivity index is 2.31. The minimum absolute atomic E-state index is 0.0542. The number of hydrogen-bond acceptors (Lipinski definition) is 2. The van der Waals surface area contributed by atoms with Crippen LogP contribution < -0.4 is 0 Å². The number of ether oxygens (including phenoxy) is 1. The quantitative estimate of drug-likeness (QED) is 0.776. The zero-order chi connectivity index (χ0) is 10.0. The van der Waals surface area contributed by atoms with Gasteiger partial charge in [0.05, 0.1) is 13.2 Å². The molecular formula is C11H13FO2. The molecule has 1 atom stereocenters. The fraction of sp³-hybridized carbons (Fsp3) is 0.455. The minimum atomic E-state index is -0.312. The van der Waals surface area contributed by atoms with Crippen molar-refractivity contribution in [2.45, 2.75) is 11.8 Å². The van der Waals surface area contributed by atoms with E-state index in [0.29, 0.717) is 13.2 Å². The van der Waals surface area contributed by atoms with Gasteiger partial charge in [-0.1, -0.05) is 12.1 Å². The maximum absolute atomic E-state index is 12.7. The van der Waals surface area contributed by atoms with Gasteiger partial charge in [-0.15, -0.1) is 0 Å². The monoisotopic (exact) mass is 196 g/mol. The molecule has 2 rings (SSSR count). The molecule has 3 heteroatoms. The molecule has 76 valence electrons. The van der Waals surface area contributed by atoms with Gasteiger partial charge in [0.25, 0.3) is 0 Å². The summed E-state index contributed by atoms with van der Waals surface area (Å²) in [4.78, 5) is 0. The van der Waals surface area contributed by atoms with Gasteiger partial charge in [0, 0.05) is 12.0 Å². The first-order chi connectivity index (χ1) is 6.77. The number of hydrogen-bond donors (Lipinski definition) is 1. The van der Waals surface area contributed by atoms with Crippen LogP contribution >= 0.6 is 0 Å². The molecule has 1 aliphatic heterocycles. The Bertz CT molecular complexity index is 302. The zero-order valence-corrected chi connectivity index (χ0v) is 7.87. The van der Waals surface area contributed by atoms with Crippen molar-refractivity contribution in [2.75, 3.05) is 19.8 Å². The van der Waals surface area contributed by atoms with Crippen LogP contribution in [-0.4, -0.2) is 24.9 Å². The predicted molar refractivity (Wildman–Crippen MR) is 50.6 cm³/mol. The number of aliphatic hydroxyl groups is 1. The Morgan fingerprint density at radius 1 is 1.36 bits per heavy atom. The van der Waals surface area contributed by atoms with Crippen molar-refractivity contribution >= 4 is 0 Å². The van der Waals surface area contributed by atoms with Crippen LogP contribution in [0.5, 0.6) is 0 Å². The van der Waals surface area contributed by atoms with Crippen molar-refractivity contribution in [3.05, 3.63) is 35.6 Å². The molecule has 1 heterocycles. The molecule has 14 heavy (non-hydrogen) atoms. The van der Waals surface area contributed by atoms with Crippen molar-refractivity contribution in [2.24, 2.45) is 0 Å². The summed E-state index contributed by atoms with van der Waals surface area (Å²) >= 11 is 0. The van der Waals surface area contributed by atoms with Crippen LogP contribution in [0.1, 0.15) is 12.0 Å². The summed E-state index contributed by atoms with van der Waals surface area (Å²) in [7, 11) is 0. The number of aliphatic hydroxyl groups excluding tert-OH is 1. The molecule has 1 aliphatic rings. The fourth-order valence-corrected chi connectivity index (χ4v) is 1.85. The first kappa shape index (κ1) is 9.62. The molecule has 1 N–H and O–H groups in total. The normalized spacial score (nSPS) is 26.7. The van der Waals surface area contributed by atoms with Gasteiger partial charge in [0.1, 0.15) is 5.82 Å². The van der Waals surface area contributed by atoms with Crippen molar-refractivity contribution in [3.63, 3.8) is 0 Å². The second-order valence-corrected chi connectivity index (χ2v) is 3.75. The van der Waals surface area contributed by atoms with Crippen LogP contribution in [0.2, 0.25) is 0 Å². The molecule has 1 saturated heterocycles. The van der Waals surface area contributed by atoms with E-state index in [1.54, 1.807) is 12.1 Å². The lowest BCUT2D eigenvalue weighted by molar-refractivity contribution is 0.140. The van der Waals surface area contributed by atoms with E-state index < -0.39 is 0 Å². The third-order valence-electron chi connectivity index (χ3n) is 2.86. The molecule has 0 unspecified atom stereocenters. The van der Waals surface area contributed by atoms with E-state index in [1.807, 2.05) is 0 Å². The lowest BCUT2D eigenvalue weighted by Crippen LogP contribution is -2.30. The van der Waals surface area contributed by atoms with Gasteiger partial charge in [-0.2, -0.15) is 0 Å². The summed E-state index contributed by atoms with van der Waals surface area (Å²) in [6.07, 6.45) is 0.801. The Kier molecular flexibility index (Phi) is 2.52. The van der Waals surface area contributed by atoms with E-state index in [1.165, 1.54) is 12.1 Å². The van der Waals surface area contributed by atoms with E-state index in [4.69, 9.17) is 4.74 Å². The van der Waals surface area contributed by atoms with Crippen LogP contribution in [-0.2, 0) is 10.2 Å². The highest BCUT2D eigenvalue weighted by Crippen LogP contribution is 2.32. The largest absolute Gasteiger partial charge is 0.395 e. The van der Waals surface area contributed by atoms with Crippen LogP contribution in [0.25, 0.3) is 0 Å². The van der Waals surface area contributed by atoms with Gasteiger partial charge < -0.3 is 9.84 Å². The highest BCUT2D eigenvalue weighted by atomic mass is 19.1. The molecule has 0 radical (unpaired) electrons. The smallest absolute Gasteiger partial charge is 0.123 e. The molecular weight excluding hydrogens is 183 g/mol. The second kappa shape index (κ2) is 3.67. The molecule has 2 nitrogen and oxygen atoms in total. The first-order valence-corrected chi connectivity index (χ1v) is 4.71. The van der Waals surface area contributed by atoms with Crippen LogP contribution in [0.15, 0.2) is 24.3 Å². The van der Waals surface area contributed by atoms with Crippen molar-refractivity contribution in [1.29, 1.82) is 0 Å². The SMILES string of the molecule is OC[C@@]1(c2ccc(F)cc2)CCOC1. The highest BCUT2D eigenvalue weighted by molar-refractivity contribution is 5.27. The molecule has 1 fully saturated rings. The third-order valence-corrected chi connectivity index (χ3v) is 2.86. The maximum Gasteiger partial charge on any atom is 0.123 e. The predicted octanol–water partition coefficient (Wildman–Crippen LogP) is 1.48. The molecule has 0 saturated carbocycles. The van der Waals surface area contributed by atoms with Crippen LogP contribution in [0.3, 0.4) is 0 Å². The summed E-state index contributed by atoms with van der Waals surface area (Å²) in [5.41, 5.74) is 0.646. The molecule has 1 aromatic carbocycles. The third kappa shape index (κ3) is 1.53. The lowest BCUT2D eigenvalue weighted by atomic mass is 9.81. The number of halogens is 1. The van der Waals surface area contributed by atoms with E-state index in [2.05, 4.69) is 0 Å². The van der Waals surface area contributed by atoms with Crippen molar-refractivity contribution in [1.82, 2.24) is 0 Å². The van der Waals surface area contributed by atoms with Crippen LogP contribution in [0.4, 0.5) is 4.39 Å². The van der Waals surface area contributed by atoms with Gasteiger partial charge in [0.2, 0.25) is 0 Å². The minimum Gasteiger partial charge on any atom is -0.395 e. The molecule has 0 bridgehead atoms. The van der Waals surface area contributed by atoms with Gasteiger partial charge in [-0.05, 0) is 24.1 Å². The van der Waals surface area contributed by atoms with E-state index >= 15 is 0 Å². The fourth-order valence-electron chi connectivity index (χ4n) is 1.85. The Morgan fingerprint density at radius 3 is 2.57 bits per heavy atom. The van der Waals surface area contributed by atoms with Crippen molar-refractivity contribution in [3.8, 4) is 0 Å². The molecule has 1 aromatic rings. The molecule has 0 aliphatic carbocycles. The second-order valence-electron chi connectivity index (χ2n) is 3.75. The molecule has 0 amide bonds. The van der Waals surface area contributed by atoms with Gasteiger partial charge in [0.15, 0.2) is 0 Å². The number of benzene rings is 1.